The fourth-order valence-electron chi connectivity index (χ4n) is 3.17. The zero-order chi connectivity index (χ0) is 23.0. The van der Waals surface area contributed by atoms with Crippen molar-refractivity contribution in [2.24, 2.45) is 0 Å². The number of hydrogen-bond donors (Lipinski definition) is 1. The molecule has 0 atom stereocenters. The molecule has 0 saturated heterocycles. The predicted molar refractivity (Wildman–Crippen MR) is 130 cm³/mol. The van der Waals surface area contributed by atoms with Gasteiger partial charge < -0.3 is 19.5 Å². The molecule has 1 amide bonds. The van der Waals surface area contributed by atoms with Crippen molar-refractivity contribution in [3.05, 3.63) is 113 Å². The summed E-state index contributed by atoms with van der Waals surface area (Å²) in [4.78, 5) is 12.9. The van der Waals surface area contributed by atoms with E-state index in [1.54, 1.807) is 36.4 Å². The summed E-state index contributed by atoms with van der Waals surface area (Å²) in [5.41, 5.74) is 1.97. The molecule has 0 aliphatic rings. The average molecular weight is 460 g/mol. The second kappa shape index (κ2) is 10.6. The highest BCUT2D eigenvalue weighted by molar-refractivity contribution is 6.32. The first-order valence-corrected chi connectivity index (χ1v) is 10.7. The molecule has 5 nitrogen and oxygen atoms in total. The molecule has 0 aromatic heterocycles. The highest BCUT2D eigenvalue weighted by atomic mass is 35.5. The van der Waals surface area contributed by atoms with Gasteiger partial charge in [0.15, 0.2) is 11.5 Å². The predicted octanol–water partition coefficient (Wildman–Crippen LogP) is 6.97. The average Bonchev–Trinajstić information content (AvgIpc) is 2.85. The molecule has 4 rings (SSSR count). The molecule has 166 valence electrons. The number of nitrogens with one attached hydrogen (secondary N) is 1. The van der Waals surface area contributed by atoms with E-state index in [0.29, 0.717) is 40.1 Å². The van der Waals surface area contributed by atoms with Gasteiger partial charge in [-0.15, -0.1) is 0 Å². The Balaban J connectivity index is 1.46. The molecule has 33 heavy (non-hydrogen) atoms. The van der Waals surface area contributed by atoms with E-state index < -0.39 is 0 Å². The number of hydrogen-bond acceptors (Lipinski definition) is 4. The third-order valence-corrected chi connectivity index (χ3v) is 5.08. The molecule has 0 heterocycles. The fourth-order valence-corrected chi connectivity index (χ4v) is 3.46. The van der Waals surface area contributed by atoms with Gasteiger partial charge in [0.2, 0.25) is 0 Å². The first-order chi connectivity index (χ1) is 16.1. The third-order valence-electron chi connectivity index (χ3n) is 4.80. The van der Waals surface area contributed by atoms with Gasteiger partial charge in [0.25, 0.3) is 5.91 Å². The first-order valence-electron chi connectivity index (χ1n) is 10.3. The quantitative estimate of drug-likeness (QED) is 0.309. The van der Waals surface area contributed by atoms with Crippen LogP contribution in [-0.2, 0) is 6.61 Å². The molecule has 4 aromatic rings. The molecular weight excluding hydrogens is 438 g/mol. The van der Waals surface area contributed by atoms with Crippen molar-refractivity contribution >= 4 is 23.2 Å². The maximum absolute atomic E-state index is 12.9. The summed E-state index contributed by atoms with van der Waals surface area (Å²) < 4.78 is 17.1. The van der Waals surface area contributed by atoms with Crippen LogP contribution < -0.4 is 19.5 Å². The summed E-state index contributed by atoms with van der Waals surface area (Å²) in [5.74, 6) is 1.87. The van der Waals surface area contributed by atoms with E-state index in [1.165, 1.54) is 7.11 Å². The van der Waals surface area contributed by atoms with Crippen LogP contribution in [0.5, 0.6) is 23.0 Å². The van der Waals surface area contributed by atoms with Gasteiger partial charge in [-0.2, -0.15) is 0 Å². The molecule has 0 fully saturated rings. The van der Waals surface area contributed by atoms with Gasteiger partial charge >= 0.3 is 0 Å². The van der Waals surface area contributed by atoms with Crippen molar-refractivity contribution in [2.45, 2.75) is 6.61 Å². The highest BCUT2D eigenvalue weighted by Crippen LogP contribution is 2.37. The second-order valence-electron chi connectivity index (χ2n) is 7.16. The number of carbonyl (C=O) groups is 1. The number of rotatable bonds is 8. The van der Waals surface area contributed by atoms with Gasteiger partial charge in [0, 0.05) is 11.3 Å². The van der Waals surface area contributed by atoms with E-state index in [-0.39, 0.29) is 5.91 Å². The van der Waals surface area contributed by atoms with Gasteiger partial charge in [-0.1, -0.05) is 60.1 Å². The van der Waals surface area contributed by atoms with E-state index in [9.17, 15) is 4.79 Å². The smallest absolute Gasteiger partial charge is 0.255 e. The Hall–Kier alpha value is -3.96. The molecular formula is C27H22ClNO4. The van der Waals surface area contributed by atoms with E-state index in [1.807, 2.05) is 60.7 Å². The van der Waals surface area contributed by atoms with Crippen LogP contribution in [0, 0.1) is 0 Å². The summed E-state index contributed by atoms with van der Waals surface area (Å²) in [6.07, 6.45) is 0. The maximum Gasteiger partial charge on any atom is 0.255 e. The number of amides is 1. The third kappa shape index (κ3) is 5.84. The van der Waals surface area contributed by atoms with Gasteiger partial charge in [-0.25, -0.2) is 0 Å². The van der Waals surface area contributed by atoms with Crippen LogP contribution >= 0.6 is 11.6 Å². The molecule has 0 aliphatic carbocycles. The lowest BCUT2D eigenvalue weighted by Gasteiger charge is -2.14. The lowest BCUT2D eigenvalue weighted by atomic mass is 10.1. The Kier molecular flexibility index (Phi) is 7.12. The van der Waals surface area contributed by atoms with Crippen LogP contribution in [0.25, 0.3) is 0 Å². The minimum atomic E-state index is -0.319. The number of anilines is 1. The Morgan fingerprint density at radius 3 is 2.15 bits per heavy atom. The van der Waals surface area contributed by atoms with Crippen molar-refractivity contribution in [3.8, 4) is 23.0 Å². The molecule has 0 radical (unpaired) electrons. The van der Waals surface area contributed by atoms with E-state index >= 15 is 0 Å². The van der Waals surface area contributed by atoms with Crippen molar-refractivity contribution in [3.63, 3.8) is 0 Å². The maximum atomic E-state index is 12.9. The van der Waals surface area contributed by atoms with Crippen molar-refractivity contribution < 1.29 is 19.0 Å². The van der Waals surface area contributed by atoms with Crippen molar-refractivity contribution in [2.75, 3.05) is 12.4 Å². The van der Waals surface area contributed by atoms with Crippen LogP contribution in [0.1, 0.15) is 15.9 Å². The highest BCUT2D eigenvalue weighted by Gasteiger charge is 2.16. The number of halogens is 1. The first kappa shape index (κ1) is 22.2. The lowest BCUT2D eigenvalue weighted by molar-refractivity contribution is 0.102. The second-order valence-corrected chi connectivity index (χ2v) is 7.56. The van der Waals surface area contributed by atoms with E-state index in [0.717, 1.165) is 11.3 Å². The molecule has 4 aromatic carbocycles. The standard InChI is InChI=1S/C27H22ClNO4/c1-31-26-24(28)16-20(17-25(26)32-18-19-8-4-2-5-9-19)27(30)29-21-12-14-23(15-13-21)33-22-10-6-3-7-11-22/h2-17H,18H2,1H3,(H,29,30). The van der Waals surface area contributed by atoms with E-state index in [4.69, 9.17) is 25.8 Å². The summed E-state index contributed by atoms with van der Waals surface area (Å²) in [6.45, 7) is 0.321. The summed E-state index contributed by atoms with van der Waals surface area (Å²) in [7, 11) is 1.51. The van der Waals surface area contributed by atoms with Crippen molar-refractivity contribution in [1.82, 2.24) is 0 Å². The van der Waals surface area contributed by atoms with Crippen LogP contribution in [0.4, 0.5) is 5.69 Å². The van der Waals surface area contributed by atoms with Crippen LogP contribution in [0.15, 0.2) is 97.1 Å². The molecule has 0 saturated carbocycles. The molecule has 0 unspecified atom stereocenters. The van der Waals surface area contributed by atoms with Gasteiger partial charge in [-0.3, -0.25) is 4.79 Å². The Labute approximate surface area is 197 Å². The summed E-state index contributed by atoms with van der Waals surface area (Å²) >= 11 is 6.36. The van der Waals surface area contributed by atoms with E-state index in [2.05, 4.69) is 5.32 Å². The number of benzene rings is 4. The zero-order valence-corrected chi connectivity index (χ0v) is 18.7. The van der Waals surface area contributed by atoms with Gasteiger partial charge in [0.05, 0.1) is 12.1 Å². The number of para-hydroxylation sites is 1. The molecule has 0 spiro atoms. The van der Waals surface area contributed by atoms with Crippen LogP contribution in [-0.4, -0.2) is 13.0 Å². The summed E-state index contributed by atoms with van der Waals surface area (Å²) in [6, 6.07) is 29.5. The largest absolute Gasteiger partial charge is 0.491 e. The minimum Gasteiger partial charge on any atom is -0.491 e. The topological polar surface area (TPSA) is 56.8 Å². The van der Waals surface area contributed by atoms with Crippen LogP contribution in [0.2, 0.25) is 5.02 Å². The lowest BCUT2D eigenvalue weighted by Crippen LogP contribution is -2.12. The minimum absolute atomic E-state index is 0.292. The molecule has 0 bridgehead atoms. The molecule has 0 aliphatic heterocycles. The van der Waals surface area contributed by atoms with Crippen LogP contribution in [0.3, 0.4) is 0 Å². The Morgan fingerprint density at radius 1 is 0.848 bits per heavy atom. The zero-order valence-electron chi connectivity index (χ0n) is 18.0. The fraction of sp³-hybridized carbons (Fsp3) is 0.0741. The Morgan fingerprint density at radius 2 is 1.48 bits per heavy atom. The normalized spacial score (nSPS) is 10.4. The number of ether oxygens (including phenoxy) is 3. The molecule has 6 heteroatoms. The monoisotopic (exact) mass is 459 g/mol. The SMILES string of the molecule is COc1c(Cl)cc(C(=O)Nc2ccc(Oc3ccccc3)cc2)cc1OCc1ccccc1. The molecule has 1 N–H and O–H groups in total. The van der Waals surface area contributed by atoms with Crippen molar-refractivity contribution in [1.29, 1.82) is 0 Å². The Bertz CT molecular complexity index is 1210. The van der Waals surface area contributed by atoms with Gasteiger partial charge in [0.1, 0.15) is 18.1 Å². The summed E-state index contributed by atoms with van der Waals surface area (Å²) in [5, 5.41) is 3.16. The van der Waals surface area contributed by atoms with Gasteiger partial charge in [-0.05, 0) is 54.1 Å². The number of carbonyl (C=O) groups excluding carboxylic acids is 1. The number of methoxy groups -OCH3 is 1.